The summed E-state index contributed by atoms with van der Waals surface area (Å²) in [7, 11) is 1.47. The summed E-state index contributed by atoms with van der Waals surface area (Å²) in [6, 6.07) is 7.85. The first kappa shape index (κ1) is 15.8. The van der Waals surface area contributed by atoms with E-state index in [9.17, 15) is 22.4 Å². The van der Waals surface area contributed by atoms with E-state index < -0.39 is 29.0 Å². The summed E-state index contributed by atoms with van der Waals surface area (Å²) in [4.78, 5) is 11.9. The maximum atomic E-state index is 13.3. The summed E-state index contributed by atoms with van der Waals surface area (Å²) >= 11 is 0. The summed E-state index contributed by atoms with van der Waals surface area (Å²) in [6.07, 6.45) is -4.72. The zero-order chi connectivity index (χ0) is 16.3. The number of ether oxygens (including phenoxy) is 1. The molecule has 0 aliphatic heterocycles. The van der Waals surface area contributed by atoms with Gasteiger partial charge in [0, 0.05) is 11.3 Å². The van der Waals surface area contributed by atoms with E-state index in [4.69, 9.17) is 4.74 Å². The lowest BCUT2D eigenvalue weighted by atomic mass is 10.1. The number of benzene rings is 2. The number of carbonyl (C=O) groups is 1. The largest absolute Gasteiger partial charge is 0.497 e. The van der Waals surface area contributed by atoms with Crippen molar-refractivity contribution in [3.8, 4) is 5.75 Å². The molecule has 3 nitrogen and oxygen atoms in total. The van der Waals surface area contributed by atoms with Gasteiger partial charge in [0.1, 0.15) is 11.6 Å². The van der Waals surface area contributed by atoms with Crippen molar-refractivity contribution in [2.75, 3.05) is 12.4 Å². The molecular formula is C15H11F4NO2. The van der Waals surface area contributed by atoms with Gasteiger partial charge < -0.3 is 10.1 Å². The summed E-state index contributed by atoms with van der Waals surface area (Å²) < 4.78 is 56.0. The molecule has 22 heavy (non-hydrogen) atoms. The van der Waals surface area contributed by atoms with Gasteiger partial charge in [-0.1, -0.05) is 0 Å². The lowest BCUT2D eigenvalue weighted by molar-refractivity contribution is -0.137. The second-order valence-electron chi connectivity index (χ2n) is 4.41. The maximum Gasteiger partial charge on any atom is 0.416 e. The molecule has 0 aliphatic rings. The van der Waals surface area contributed by atoms with Crippen molar-refractivity contribution in [1.29, 1.82) is 0 Å². The predicted molar refractivity (Wildman–Crippen MR) is 72.3 cm³/mol. The molecular weight excluding hydrogens is 302 g/mol. The van der Waals surface area contributed by atoms with Crippen LogP contribution in [-0.2, 0) is 6.18 Å². The number of hydrogen-bond donors (Lipinski definition) is 1. The molecule has 1 N–H and O–H groups in total. The van der Waals surface area contributed by atoms with Gasteiger partial charge in [0.05, 0.1) is 12.7 Å². The molecule has 0 saturated carbocycles. The third-order valence-corrected chi connectivity index (χ3v) is 2.84. The van der Waals surface area contributed by atoms with Gasteiger partial charge >= 0.3 is 6.18 Å². The Labute approximate surface area is 123 Å². The van der Waals surface area contributed by atoms with Crippen molar-refractivity contribution in [2.24, 2.45) is 0 Å². The number of methoxy groups -OCH3 is 1. The minimum absolute atomic E-state index is 0.337. The maximum absolute atomic E-state index is 13.3. The van der Waals surface area contributed by atoms with Crippen LogP contribution in [0.3, 0.4) is 0 Å². The van der Waals surface area contributed by atoms with E-state index in [0.29, 0.717) is 23.6 Å². The lowest BCUT2D eigenvalue weighted by Crippen LogP contribution is -2.14. The molecule has 2 aromatic carbocycles. The van der Waals surface area contributed by atoms with E-state index in [1.807, 2.05) is 0 Å². The highest BCUT2D eigenvalue weighted by Crippen LogP contribution is 2.30. The Balaban J connectivity index is 2.23. The molecule has 0 aromatic heterocycles. The Bertz CT molecular complexity index is 681. The fourth-order valence-corrected chi connectivity index (χ4v) is 1.76. The fourth-order valence-electron chi connectivity index (χ4n) is 1.76. The summed E-state index contributed by atoms with van der Waals surface area (Å²) in [5, 5.41) is 2.39. The smallest absolute Gasteiger partial charge is 0.416 e. The minimum Gasteiger partial charge on any atom is -0.497 e. The van der Waals surface area contributed by atoms with Crippen LogP contribution in [0.2, 0.25) is 0 Å². The normalized spacial score (nSPS) is 11.1. The number of alkyl halides is 3. The molecule has 0 atom stereocenters. The monoisotopic (exact) mass is 313 g/mol. The molecule has 7 heteroatoms. The van der Waals surface area contributed by atoms with Gasteiger partial charge in [-0.2, -0.15) is 13.2 Å². The molecule has 0 aliphatic carbocycles. The molecule has 0 radical (unpaired) electrons. The van der Waals surface area contributed by atoms with E-state index >= 15 is 0 Å². The van der Waals surface area contributed by atoms with Crippen molar-refractivity contribution in [1.82, 2.24) is 0 Å². The predicted octanol–water partition coefficient (Wildman–Crippen LogP) is 4.11. The van der Waals surface area contributed by atoms with Crippen molar-refractivity contribution >= 4 is 11.6 Å². The number of carbonyl (C=O) groups excluding carboxylic acids is 1. The van der Waals surface area contributed by atoms with Crippen molar-refractivity contribution in [2.45, 2.75) is 6.18 Å². The summed E-state index contributed by atoms with van der Waals surface area (Å²) in [5.41, 5.74) is -1.28. The van der Waals surface area contributed by atoms with Crippen LogP contribution in [0.5, 0.6) is 5.75 Å². The van der Waals surface area contributed by atoms with Crippen LogP contribution in [0.15, 0.2) is 42.5 Å². The Morgan fingerprint density at radius 1 is 1.09 bits per heavy atom. The van der Waals surface area contributed by atoms with Crippen LogP contribution in [0.4, 0.5) is 23.2 Å². The Morgan fingerprint density at radius 3 is 2.27 bits per heavy atom. The molecule has 2 aromatic rings. The Kier molecular flexibility index (Phi) is 4.35. The van der Waals surface area contributed by atoms with Crippen molar-refractivity contribution < 1.29 is 27.1 Å². The lowest BCUT2D eigenvalue weighted by Gasteiger charge is -2.10. The minimum atomic E-state index is -4.72. The van der Waals surface area contributed by atoms with Crippen LogP contribution >= 0.6 is 0 Å². The van der Waals surface area contributed by atoms with Gasteiger partial charge in [-0.3, -0.25) is 4.79 Å². The highest BCUT2D eigenvalue weighted by atomic mass is 19.4. The van der Waals surface area contributed by atoms with E-state index in [1.54, 1.807) is 12.1 Å². The highest BCUT2D eigenvalue weighted by molar-refractivity contribution is 6.04. The van der Waals surface area contributed by atoms with E-state index in [1.165, 1.54) is 19.2 Å². The number of halogens is 4. The first-order valence-electron chi connectivity index (χ1n) is 6.13. The van der Waals surface area contributed by atoms with Crippen LogP contribution in [0, 0.1) is 5.82 Å². The van der Waals surface area contributed by atoms with Gasteiger partial charge in [-0.25, -0.2) is 4.39 Å². The summed E-state index contributed by atoms with van der Waals surface area (Å²) in [6.45, 7) is 0. The van der Waals surface area contributed by atoms with E-state index in [0.717, 1.165) is 6.07 Å². The highest BCUT2D eigenvalue weighted by Gasteiger charge is 2.32. The van der Waals surface area contributed by atoms with Crippen LogP contribution in [-0.4, -0.2) is 13.0 Å². The Morgan fingerprint density at radius 2 is 1.73 bits per heavy atom. The van der Waals surface area contributed by atoms with Gasteiger partial charge in [-0.05, 0) is 42.5 Å². The third kappa shape index (κ3) is 3.75. The van der Waals surface area contributed by atoms with Gasteiger partial charge in [0.15, 0.2) is 0 Å². The number of rotatable bonds is 3. The standard InChI is InChI=1S/C15H11F4NO2/c1-22-13-4-2-12(3-5-13)20-14(21)9-6-10(15(17,18)19)8-11(16)7-9/h2-8H,1H3,(H,20,21). The zero-order valence-electron chi connectivity index (χ0n) is 11.4. The quantitative estimate of drug-likeness (QED) is 0.866. The average molecular weight is 313 g/mol. The topological polar surface area (TPSA) is 38.3 Å². The van der Waals surface area contributed by atoms with Crippen LogP contribution < -0.4 is 10.1 Å². The average Bonchev–Trinajstić information content (AvgIpc) is 2.46. The molecule has 0 saturated heterocycles. The SMILES string of the molecule is COc1ccc(NC(=O)c2cc(F)cc(C(F)(F)F)c2)cc1. The van der Waals surface area contributed by atoms with Crippen LogP contribution in [0.25, 0.3) is 0 Å². The van der Waals surface area contributed by atoms with Gasteiger partial charge in [0.2, 0.25) is 0 Å². The molecule has 2 rings (SSSR count). The third-order valence-electron chi connectivity index (χ3n) is 2.84. The van der Waals surface area contributed by atoms with Gasteiger partial charge in [0.25, 0.3) is 5.91 Å². The second kappa shape index (κ2) is 6.05. The molecule has 0 heterocycles. The molecule has 0 unspecified atom stereocenters. The van der Waals surface area contributed by atoms with Crippen molar-refractivity contribution in [3.63, 3.8) is 0 Å². The van der Waals surface area contributed by atoms with Crippen molar-refractivity contribution in [3.05, 3.63) is 59.4 Å². The second-order valence-corrected chi connectivity index (χ2v) is 4.41. The number of anilines is 1. The van der Waals surface area contributed by atoms with E-state index in [2.05, 4.69) is 5.32 Å². The fraction of sp³-hybridized carbons (Fsp3) is 0.133. The summed E-state index contributed by atoms with van der Waals surface area (Å²) in [5.74, 6) is -1.41. The first-order valence-corrected chi connectivity index (χ1v) is 6.13. The Hall–Kier alpha value is -2.57. The molecule has 0 bridgehead atoms. The molecule has 116 valence electrons. The number of nitrogens with one attached hydrogen (secondary N) is 1. The first-order chi connectivity index (χ1) is 10.3. The molecule has 1 amide bonds. The number of hydrogen-bond acceptors (Lipinski definition) is 2. The van der Waals surface area contributed by atoms with Gasteiger partial charge in [-0.15, -0.1) is 0 Å². The zero-order valence-corrected chi connectivity index (χ0v) is 11.4. The number of amides is 1. The molecule has 0 spiro atoms. The van der Waals surface area contributed by atoms with Crippen LogP contribution in [0.1, 0.15) is 15.9 Å². The van der Waals surface area contributed by atoms with E-state index in [-0.39, 0.29) is 0 Å². The molecule has 0 fully saturated rings.